The highest BCUT2D eigenvalue weighted by Gasteiger charge is 2.27. The molecule has 1 amide bonds. The third kappa shape index (κ3) is 46.5. The highest BCUT2D eigenvalue weighted by Crippen LogP contribution is 2.43. The number of carbonyl (C=O) groups excluding carboxylic acids is 1. The van der Waals surface area contributed by atoms with Crippen molar-refractivity contribution in [3.63, 3.8) is 0 Å². The van der Waals surface area contributed by atoms with E-state index in [2.05, 4.69) is 43.5 Å². The molecule has 0 rings (SSSR count). The zero-order valence-electron chi connectivity index (χ0n) is 40.9. The molecule has 0 saturated heterocycles. The summed E-state index contributed by atoms with van der Waals surface area (Å²) in [6.07, 6.45) is 55.1. The Kier molecular flexibility index (Phi) is 43.0. The standard InChI is InChI=1S/C52H101N2O6P/c1-6-8-10-12-14-16-18-20-22-24-26-28-29-31-33-35-37-39-41-43-45-51(55)50(49-60-61(57,58)59-48-47-54(3,4)5)53-52(56)46-44-42-40-38-36-34-32-30-27-25-23-21-19-17-15-13-11-9-7-2/h21,23,35,37,43,45,50-51,55H,6-20,22,24-34,36,38-42,44,46-49H2,1-5H3,(H-,53,56,57,58)/p+1/b23-21-,37-35+,45-43+. The number of allylic oxidation sites excluding steroid dienone is 5. The van der Waals surface area contributed by atoms with Gasteiger partial charge in [0.2, 0.25) is 5.91 Å². The average molecular weight is 882 g/mol. The lowest BCUT2D eigenvalue weighted by molar-refractivity contribution is -0.870. The number of hydrogen-bond donors (Lipinski definition) is 3. The summed E-state index contributed by atoms with van der Waals surface area (Å²) in [7, 11) is 1.56. The fourth-order valence-electron chi connectivity index (χ4n) is 7.46. The molecule has 0 radical (unpaired) electrons. The zero-order valence-corrected chi connectivity index (χ0v) is 41.8. The van der Waals surface area contributed by atoms with E-state index in [1.807, 2.05) is 27.2 Å². The Hall–Kier alpha value is -1.28. The Morgan fingerprint density at radius 3 is 1.31 bits per heavy atom. The Balaban J connectivity index is 4.35. The number of rotatable bonds is 47. The van der Waals surface area contributed by atoms with Gasteiger partial charge in [-0.25, -0.2) is 4.57 Å². The van der Waals surface area contributed by atoms with Gasteiger partial charge in [0, 0.05) is 6.42 Å². The van der Waals surface area contributed by atoms with Crippen molar-refractivity contribution < 1.29 is 32.9 Å². The number of aliphatic hydroxyl groups excluding tert-OH is 1. The molecule has 0 aliphatic heterocycles. The minimum atomic E-state index is -4.35. The monoisotopic (exact) mass is 882 g/mol. The van der Waals surface area contributed by atoms with Crippen LogP contribution in [0, 0.1) is 0 Å². The number of phosphoric acid groups is 1. The molecule has 0 spiro atoms. The Bertz CT molecular complexity index is 1090. The normalized spacial score (nSPS) is 14.4. The van der Waals surface area contributed by atoms with Crippen LogP contribution >= 0.6 is 7.82 Å². The summed E-state index contributed by atoms with van der Waals surface area (Å²) >= 11 is 0. The Morgan fingerprint density at radius 1 is 0.541 bits per heavy atom. The summed E-state index contributed by atoms with van der Waals surface area (Å²) in [5.74, 6) is -0.188. The lowest BCUT2D eigenvalue weighted by Crippen LogP contribution is -2.45. The van der Waals surface area contributed by atoms with Gasteiger partial charge in [-0.15, -0.1) is 0 Å². The largest absolute Gasteiger partial charge is 0.472 e. The van der Waals surface area contributed by atoms with E-state index in [1.54, 1.807) is 6.08 Å². The summed E-state index contributed by atoms with van der Waals surface area (Å²) in [5.41, 5.74) is 0. The van der Waals surface area contributed by atoms with Gasteiger partial charge < -0.3 is 19.8 Å². The van der Waals surface area contributed by atoms with Crippen molar-refractivity contribution in [3.8, 4) is 0 Å². The summed E-state index contributed by atoms with van der Waals surface area (Å²) in [4.78, 5) is 23.2. The van der Waals surface area contributed by atoms with E-state index in [-0.39, 0.29) is 19.1 Å². The summed E-state index contributed by atoms with van der Waals surface area (Å²) in [6, 6.07) is -0.863. The average Bonchev–Trinajstić information content (AvgIpc) is 3.21. The van der Waals surface area contributed by atoms with Crippen molar-refractivity contribution in [2.75, 3.05) is 40.9 Å². The highest BCUT2D eigenvalue weighted by molar-refractivity contribution is 7.47. The first-order valence-corrected chi connectivity index (χ1v) is 27.4. The first kappa shape index (κ1) is 59.7. The molecule has 61 heavy (non-hydrogen) atoms. The van der Waals surface area contributed by atoms with Crippen LogP contribution in [0.4, 0.5) is 0 Å². The first-order chi connectivity index (χ1) is 29.5. The smallest absolute Gasteiger partial charge is 0.387 e. The number of quaternary nitrogens is 1. The molecule has 3 atom stereocenters. The van der Waals surface area contributed by atoms with Crippen molar-refractivity contribution in [3.05, 3.63) is 36.5 Å². The number of amides is 1. The van der Waals surface area contributed by atoms with Crippen LogP contribution in [0.2, 0.25) is 0 Å². The number of nitrogens with one attached hydrogen (secondary N) is 1. The van der Waals surface area contributed by atoms with Crippen LogP contribution in [-0.4, -0.2) is 73.4 Å². The Labute approximate surface area is 378 Å². The second-order valence-corrected chi connectivity index (χ2v) is 20.3. The van der Waals surface area contributed by atoms with Crippen molar-refractivity contribution in [1.82, 2.24) is 5.32 Å². The van der Waals surface area contributed by atoms with Gasteiger partial charge in [-0.1, -0.05) is 211 Å². The molecule has 0 bridgehead atoms. The molecule has 9 heteroatoms. The van der Waals surface area contributed by atoms with E-state index in [0.29, 0.717) is 17.4 Å². The predicted octanol–water partition coefficient (Wildman–Crippen LogP) is 15.0. The van der Waals surface area contributed by atoms with Crippen LogP contribution in [0.25, 0.3) is 0 Å². The zero-order chi connectivity index (χ0) is 45.0. The maximum atomic E-state index is 12.9. The lowest BCUT2D eigenvalue weighted by atomic mass is 10.0. The van der Waals surface area contributed by atoms with Crippen molar-refractivity contribution in [1.29, 1.82) is 0 Å². The van der Waals surface area contributed by atoms with Crippen LogP contribution in [0.3, 0.4) is 0 Å². The number of unbranched alkanes of at least 4 members (excludes halogenated alkanes) is 30. The van der Waals surface area contributed by atoms with Crippen LogP contribution in [0.5, 0.6) is 0 Å². The predicted molar refractivity (Wildman–Crippen MR) is 263 cm³/mol. The summed E-state index contributed by atoms with van der Waals surface area (Å²) < 4.78 is 23.6. The minimum absolute atomic E-state index is 0.0562. The van der Waals surface area contributed by atoms with Crippen LogP contribution in [0.15, 0.2) is 36.5 Å². The molecular weight excluding hydrogens is 780 g/mol. The third-order valence-corrected chi connectivity index (χ3v) is 12.6. The van der Waals surface area contributed by atoms with Gasteiger partial charge >= 0.3 is 7.82 Å². The maximum absolute atomic E-state index is 12.9. The molecule has 0 heterocycles. The van der Waals surface area contributed by atoms with Gasteiger partial charge in [0.25, 0.3) is 0 Å². The molecular formula is C52H102N2O6P+. The lowest BCUT2D eigenvalue weighted by Gasteiger charge is -2.25. The van der Waals surface area contributed by atoms with Crippen molar-refractivity contribution in [2.24, 2.45) is 0 Å². The number of hydrogen-bond acceptors (Lipinski definition) is 5. The van der Waals surface area contributed by atoms with E-state index >= 15 is 0 Å². The van der Waals surface area contributed by atoms with Gasteiger partial charge in [-0.3, -0.25) is 13.8 Å². The highest BCUT2D eigenvalue weighted by atomic mass is 31.2. The molecule has 0 saturated carbocycles. The first-order valence-electron chi connectivity index (χ1n) is 25.9. The van der Waals surface area contributed by atoms with E-state index in [9.17, 15) is 19.4 Å². The molecule has 0 aliphatic rings. The SMILES string of the molecule is CCCCCCCC/C=C\CCCCCCCCCCCC(=O)NC(COP(=O)(O)OCC[N+](C)(C)C)C(O)/C=C/CC/C=C/CCCCCCCCCCCCCCCC. The third-order valence-electron chi connectivity index (χ3n) is 11.6. The second-order valence-electron chi connectivity index (χ2n) is 18.9. The number of nitrogens with zero attached hydrogens (tertiary/aromatic N) is 1. The molecule has 0 aromatic carbocycles. The fraction of sp³-hybridized carbons (Fsp3) is 0.865. The van der Waals surface area contributed by atoms with E-state index in [0.717, 1.165) is 38.5 Å². The van der Waals surface area contributed by atoms with Crippen molar-refractivity contribution in [2.45, 2.75) is 251 Å². The molecule has 3 N–H and O–H groups in total. The summed E-state index contributed by atoms with van der Waals surface area (Å²) in [6.45, 7) is 4.81. The van der Waals surface area contributed by atoms with Gasteiger partial charge in [0.15, 0.2) is 0 Å². The number of carbonyl (C=O) groups is 1. The number of aliphatic hydroxyl groups is 1. The van der Waals surface area contributed by atoms with Crippen LogP contribution < -0.4 is 5.32 Å². The molecule has 0 aromatic heterocycles. The minimum Gasteiger partial charge on any atom is -0.387 e. The molecule has 0 fully saturated rings. The second kappa shape index (κ2) is 43.9. The van der Waals surface area contributed by atoms with Crippen LogP contribution in [-0.2, 0) is 18.4 Å². The van der Waals surface area contributed by atoms with E-state index < -0.39 is 20.0 Å². The molecule has 3 unspecified atom stereocenters. The number of likely N-dealkylation sites (N-methyl/N-ethyl adjacent to an activating group) is 1. The van der Waals surface area contributed by atoms with Crippen LogP contribution in [0.1, 0.15) is 239 Å². The molecule has 0 aromatic rings. The molecule has 8 nitrogen and oxygen atoms in total. The quantitative estimate of drug-likeness (QED) is 0.0243. The van der Waals surface area contributed by atoms with E-state index in [1.165, 1.54) is 180 Å². The Morgan fingerprint density at radius 2 is 0.902 bits per heavy atom. The van der Waals surface area contributed by atoms with E-state index in [4.69, 9.17) is 9.05 Å². The van der Waals surface area contributed by atoms with Crippen molar-refractivity contribution >= 4 is 13.7 Å². The van der Waals surface area contributed by atoms with Gasteiger partial charge in [0.1, 0.15) is 13.2 Å². The van der Waals surface area contributed by atoms with Gasteiger partial charge in [-0.2, -0.15) is 0 Å². The van der Waals surface area contributed by atoms with Gasteiger partial charge in [-0.05, 0) is 57.8 Å². The maximum Gasteiger partial charge on any atom is 0.472 e. The molecule has 0 aliphatic carbocycles. The van der Waals surface area contributed by atoms with Gasteiger partial charge in [0.05, 0.1) is 39.9 Å². The molecule has 360 valence electrons. The fourth-order valence-corrected chi connectivity index (χ4v) is 8.20. The topological polar surface area (TPSA) is 105 Å². The summed E-state index contributed by atoms with van der Waals surface area (Å²) in [5, 5.41) is 13.9. The number of phosphoric ester groups is 1.